The maximum atomic E-state index is 11.6. The van der Waals surface area contributed by atoms with Crippen molar-refractivity contribution in [3.8, 4) is 11.5 Å². The number of ether oxygens (including phenoxy) is 1. The first kappa shape index (κ1) is 18.4. The highest BCUT2D eigenvalue weighted by atomic mass is 35.5. The lowest BCUT2D eigenvalue weighted by Crippen LogP contribution is -2.43. The normalized spacial score (nSPS) is 14.0. The number of hydrogen-bond donors (Lipinski definition) is 1. The molecular weight excluding hydrogens is 374 g/mol. The van der Waals surface area contributed by atoms with Gasteiger partial charge < -0.3 is 15.4 Å². The fourth-order valence-electron chi connectivity index (χ4n) is 2.53. The zero-order valence-electron chi connectivity index (χ0n) is 14.2. The van der Waals surface area contributed by atoms with E-state index >= 15 is 0 Å². The van der Waals surface area contributed by atoms with Crippen molar-refractivity contribution in [1.82, 2.24) is 15.0 Å². The van der Waals surface area contributed by atoms with E-state index in [1.807, 2.05) is 0 Å². The van der Waals surface area contributed by atoms with E-state index in [1.165, 1.54) is 23.3 Å². The average Bonchev–Trinajstić information content (AvgIpc) is 2.69. The van der Waals surface area contributed by atoms with Gasteiger partial charge in [-0.05, 0) is 24.3 Å². The zero-order chi connectivity index (χ0) is 19.4. The van der Waals surface area contributed by atoms with Crippen LogP contribution in [0.5, 0.6) is 11.5 Å². The molecule has 1 saturated heterocycles. The molecule has 2 N–H and O–H groups in total. The standard InChI is InChI=1S/C17H14ClN5O4/c1-26-23-7-6-22(13(9-24)14(23)10-25)16-15(8-20-17(19)21-16)27-12-4-2-11(18)3-5-12/h2-5,8H,6-7H2,1H3,(H2,19,20,21). The number of hydrogen-bond acceptors (Lipinski definition) is 9. The Kier molecular flexibility index (Phi) is 5.40. The Bertz CT molecular complexity index is 952. The molecule has 27 heavy (non-hydrogen) atoms. The minimum Gasteiger partial charge on any atom is -0.452 e. The topological polar surface area (TPSA) is 111 Å². The molecule has 9 nitrogen and oxygen atoms in total. The van der Waals surface area contributed by atoms with Gasteiger partial charge in [-0.25, -0.2) is 19.6 Å². The molecule has 10 heteroatoms. The molecule has 3 rings (SSSR count). The van der Waals surface area contributed by atoms with Crippen molar-refractivity contribution in [2.45, 2.75) is 0 Å². The number of nitrogens with two attached hydrogens (primary N) is 1. The van der Waals surface area contributed by atoms with Gasteiger partial charge in [0.05, 0.1) is 19.9 Å². The van der Waals surface area contributed by atoms with Crippen molar-refractivity contribution in [3.05, 3.63) is 46.9 Å². The van der Waals surface area contributed by atoms with E-state index in [2.05, 4.69) is 9.97 Å². The van der Waals surface area contributed by atoms with Gasteiger partial charge in [-0.3, -0.25) is 4.84 Å². The summed E-state index contributed by atoms with van der Waals surface area (Å²) in [6.45, 7) is 0.535. The molecule has 0 bridgehead atoms. The first-order valence-corrected chi connectivity index (χ1v) is 8.11. The molecule has 1 aliphatic rings. The molecule has 0 spiro atoms. The van der Waals surface area contributed by atoms with Crippen molar-refractivity contribution >= 4 is 35.2 Å². The summed E-state index contributed by atoms with van der Waals surface area (Å²) >= 11 is 5.88. The maximum absolute atomic E-state index is 11.6. The van der Waals surface area contributed by atoms with Gasteiger partial charge in [-0.2, -0.15) is 4.98 Å². The quantitative estimate of drug-likeness (QED) is 0.782. The number of hydroxylamine groups is 2. The van der Waals surface area contributed by atoms with Gasteiger partial charge in [0.2, 0.25) is 5.95 Å². The molecule has 1 fully saturated rings. The summed E-state index contributed by atoms with van der Waals surface area (Å²) < 4.78 is 5.81. The third-order valence-electron chi connectivity index (χ3n) is 3.74. The van der Waals surface area contributed by atoms with Crippen LogP contribution in [0.1, 0.15) is 0 Å². The summed E-state index contributed by atoms with van der Waals surface area (Å²) in [5.41, 5.74) is 5.50. The van der Waals surface area contributed by atoms with Crippen LogP contribution in [0.3, 0.4) is 0 Å². The van der Waals surface area contributed by atoms with E-state index in [9.17, 15) is 9.59 Å². The number of rotatable bonds is 4. The highest BCUT2D eigenvalue weighted by Gasteiger charge is 2.32. The second kappa shape index (κ2) is 7.90. The van der Waals surface area contributed by atoms with Crippen LogP contribution in [0, 0.1) is 0 Å². The molecule has 0 radical (unpaired) electrons. The predicted octanol–water partition coefficient (Wildman–Crippen LogP) is 1.62. The highest BCUT2D eigenvalue weighted by molar-refractivity contribution is 6.30. The van der Waals surface area contributed by atoms with Crippen molar-refractivity contribution in [1.29, 1.82) is 0 Å². The van der Waals surface area contributed by atoms with Crippen molar-refractivity contribution < 1.29 is 19.2 Å². The number of piperazine rings is 1. The lowest BCUT2D eigenvalue weighted by molar-refractivity contribution is -0.0982. The van der Waals surface area contributed by atoms with Crippen LogP contribution in [0.4, 0.5) is 11.8 Å². The van der Waals surface area contributed by atoms with Crippen molar-refractivity contribution in [3.63, 3.8) is 0 Å². The summed E-state index contributed by atoms with van der Waals surface area (Å²) in [6, 6.07) is 6.66. The molecule has 0 aliphatic carbocycles. The molecule has 0 amide bonds. The number of carbonyl (C=O) groups excluding carboxylic acids is 2. The summed E-state index contributed by atoms with van der Waals surface area (Å²) in [7, 11) is 1.38. The summed E-state index contributed by atoms with van der Waals surface area (Å²) in [4.78, 5) is 37.5. The Morgan fingerprint density at radius 3 is 2.48 bits per heavy atom. The van der Waals surface area contributed by atoms with E-state index in [4.69, 9.17) is 26.9 Å². The molecule has 0 saturated carbocycles. The zero-order valence-corrected chi connectivity index (χ0v) is 14.9. The van der Waals surface area contributed by atoms with Crippen LogP contribution in [0.15, 0.2) is 41.9 Å². The van der Waals surface area contributed by atoms with Crippen LogP contribution < -0.4 is 15.4 Å². The van der Waals surface area contributed by atoms with Crippen LogP contribution in [0.2, 0.25) is 5.02 Å². The first-order valence-electron chi connectivity index (χ1n) is 7.73. The van der Waals surface area contributed by atoms with Crippen LogP contribution in [-0.4, -0.2) is 47.1 Å². The minimum absolute atomic E-state index is 0.0236. The maximum Gasteiger partial charge on any atom is 0.222 e. The molecule has 0 unspecified atom stereocenters. The molecule has 1 aromatic heterocycles. The number of anilines is 2. The third kappa shape index (κ3) is 3.76. The number of nitrogen functional groups attached to an aromatic ring is 1. The van der Waals surface area contributed by atoms with Crippen molar-refractivity contribution in [2.75, 3.05) is 30.8 Å². The lowest BCUT2D eigenvalue weighted by Gasteiger charge is -2.35. The summed E-state index contributed by atoms with van der Waals surface area (Å²) in [5.74, 6) is 4.32. The van der Waals surface area contributed by atoms with E-state index < -0.39 is 0 Å². The first-order chi connectivity index (χ1) is 13.1. The Hall–Kier alpha value is -3.35. The second-order valence-corrected chi connectivity index (χ2v) is 5.75. The summed E-state index contributed by atoms with van der Waals surface area (Å²) in [6.07, 6.45) is 1.38. The van der Waals surface area contributed by atoms with E-state index in [0.717, 1.165) is 0 Å². The smallest absolute Gasteiger partial charge is 0.222 e. The van der Waals surface area contributed by atoms with Crippen LogP contribution >= 0.6 is 11.6 Å². The number of halogens is 1. The Balaban J connectivity index is 2.03. The van der Waals surface area contributed by atoms with Crippen molar-refractivity contribution in [2.24, 2.45) is 0 Å². The van der Waals surface area contributed by atoms with Gasteiger partial charge >= 0.3 is 0 Å². The fourth-order valence-corrected chi connectivity index (χ4v) is 2.65. The summed E-state index contributed by atoms with van der Waals surface area (Å²) in [5, 5.41) is 1.80. The molecule has 0 atom stereocenters. The van der Waals surface area contributed by atoms with E-state index in [-0.39, 0.29) is 42.0 Å². The van der Waals surface area contributed by atoms with E-state index in [1.54, 1.807) is 36.1 Å². The predicted molar refractivity (Wildman–Crippen MR) is 97.4 cm³/mol. The molecule has 2 heterocycles. The van der Waals surface area contributed by atoms with Gasteiger partial charge in [-0.1, -0.05) is 11.6 Å². The number of benzene rings is 1. The largest absolute Gasteiger partial charge is 0.452 e. The number of aromatic nitrogens is 2. The Morgan fingerprint density at radius 2 is 1.85 bits per heavy atom. The van der Waals surface area contributed by atoms with Gasteiger partial charge in [0.25, 0.3) is 0 Å². The Labute approximate surface area is 159 Å². The fraction of sp³-hybridized carbons (Fsp3) is 0.176. The monoisotopic (exact) mass is 387 g/mol. The Morgan fingerprint density at radius 1 is 1.15 bits per heavy atom. The highest BCUT2D eigenvalue weighted by Crippen LogP contribution is 2.35. The van der Waals surface area contributed by atoms with E-state index in [0.29, 0.717) is 10.8 Å². The molecule has 138 valence electrons. The molecule has 1 aromatic carbocycles. The van der Waals surface area contributed by atoms with Gasteiger partial charge in [0.15, 0.2) is 34.8 Å². The van der Waals surface area contributed by atoms with Gasteiger partial charge in [-0.15, -0.1) is 0 Å². The van der Waals surface area contributed by atoms with Crippen LogP contribution in [-0.2, 0) is 14.4 Å². The molecule has 1 aliphatic heterocycles. The minimum atomic E-state index is -0.103. The van der Waals surface area contributed by atoms with Gasteiger partial charge in [0, 0.05) is 11.6 Å². The molecule has 2 aromatic rings. The van der Waals surface area contributed by atoms with Gasteiger partial charge in [0.1, 0.15) is 5.75 Å². The number of nitrogens with zero attached hydrogens (tertiary/aromatic N) is 4. The van der Waals surface area contributed by atoms with Crippen LogP contribution in [0.25, 0.3) is 0 Å². The molecular formula is C17H14ClN5O4. The third-order valence-corrected chi connectivity index (χ3v) is 3.99. The second-order valence-electron chi connectivity index (χ2n) is 5.31. The average molecular weight is 388 g/mol. The lowest BCUT2D eigenvalue weighted by atomic mass is 10.2. The SMILES string of the molecule is CON1CCN(c2nc(N)ncc2Oc2ccc(Cl)cc2)C(=C=O)C1=C=O.